The molecule has 0 spiro atoms. The summed E-state index contributed by atoms with van der Waals surface area (Å²) in [5, 5.41) is 10.6. The van der Waals surface area contributed by atoms with Crippen molar-refractivity contribution in [3.63, 3.8) is 0 Å². The molecule has 0 aromatic heterocycles. The maximum absolute atomic E-state index is 10.6. The Morgan fingerprint density at radius 1 is 0.917 bits per heavy atom. The van der Waals surface area contributed by atoms with Crippen LogP contribution in [0.2, 0.25) is 0 Å². The average Bonchev–Trinajstić information content (AvgIpc) is 2.51. The van der Waals surface area contributed by atoms with Crippen LogP contribution < -0.4 is 5.73 Å². The van der Waals surface area contributed by atoms with E-state index in [1.807, 2.05) is 62.4 Å². The third-order valence-electron chi connectivity index (χ3n) is 4.28. The van der Waals surface area contributed by atoms with Gasteiger partial charge in [0.25, 0.3) is 0 Å². The zero-order chi connectivity index (χ0) is 18.1. The van der Waals surface area contributed by atoms with Gasteiger partial charge < -0.3 is 10.8 Å². The summed E-state index contributed by atoms with van der Waals surface area (Å²) in [6, 6.07) is 12.1. The smallest absolute Gasteiger partial charge is 0.0846 e. The molecule has 2 aromatic carbocycles. The first-order valence-corrected chi connectivity index (χ1v) is 8.14. The van der Waals surface area contributed by atoms with Crippen LogP contribution in [0.4, 0.5) is 0 Å². The largest absolute Gasteiger partial charge is 0.386 e. The summed E-state index contributed by atoms with van der Waals surface area (Å²) < 4.78 is 0. The van der Waals surface area contributed by atoms with Gasteiger partial charge in [-0.15, -0.1) is 0 Å². The van der Waals surface area contributed by atoms with Crippen molar-refractivity contribution in [3.05, 3.63) is 71.8 Å². The number of aliphatic hydroxyl groups is 1. The Balaban J connectivity index is 2.75. The molecule has 0 saturated carbocycles. The fourth-order valence-electron chi connectivity index (χ4n) is 2.92. The molecule has 0 aliphatic carbocycles. The van der Waals surface area contributed by atoms with Gasteiger partial charge in [-0.1, -0.05) is 61.7 Å². The van der Waals surface area contributed by atoms with E-state index in [0.717, 1.165) is 33.4 Å². The van der Waals surface area contributed by atoms with Gasteiger partial charge in [-0.05, 0) is 61.1 Å². The molecule has 3 N–H and O–H groups in total. The van der Waals surface area contributed by atoms with Gasteiger partial charge in [0.15, 0.2) is 0 Å². The second kappa shape index (κ2) is 6.39. The molecule has 2 nitrogen and oxygen atoms in total. The van der Waals surface area contributed by atoms with E-state index >= 15 is 0 Å². The molecule has 2 heteroatoms. The minimum Gasteiger partial charge on any atom is -0.386 e. The Morgan fingerprint density at radius 2 is 1.50 bits per heavy atom. The number of benzene rings is 2. The van der Waals surface area contributed by atoms with Gasteiger partial charge in [0.2, 0.25) is 0 Å². The van der Waals surface area contributed by atoms with Gasteiger partial charge in [0.1, 0.15) is 0 Å². The van der Waals surface area contributed by atoms with Crippen LogP contribution in [-0.4, -0.2) is 5.11 Å². The summed E-state index contributed by atoms with van der Waals surface area (Å²) in [5.74, 6) is 0. The van der Waals surface area contributed by atoms with Crippen LogP contribution in [0.15, 0.2) is 49.6 Å². The zero-order valence-electron chi connectivity index (χ0n) is 15.1. The van der Waals surface area contributed by atoms with Gasteiger partial charge in [-0.25, -0.2) is 0 Å². The standard InChI is InChI=1S/C22H27NO/c1-7-15-11-14-19(22(5,6)24)20(18(15)8-2)16-9-12-17(13-10-16)21(3,4)23/h7-14,24H,1-2,23H2,3-6H3. The van der Waals surface area contributed by atoms with E-state index in [0.29, 0.717) is 0 Å². The maximum atomic E-state index is 10.6. The summed E-state index contributed by atoms with van der Waals surface area (Å²) in [7, 11) is 0. The molecule has 0 fully saturated rings. The molecule has 24 heavy (non-hydrogen) atoms. The monoisotopic (exact) mass is 321 g/mol. The zero-order valence-corrected chi connectivity index (χ0v) is 15.1. The molecule has 126 valence electrons. The van der Waals surface area contributed by atoms with Crippen LogP contribution in [0.3, 0.4) is 0 Å². The van der Waals surface area contributed by atoms with Gasteiger partial charge >= 0.3 is 0 Å². The minimum atomic E-state index is -0.960. The van der Waals surface area contributed by atoms with E-state index in [1.165, 1.54) is 0 Å². The molecule has 0 heterocycles. The Morgan fingerprint density at radius 3 is 1.92 bits per heavy atom. The highest BCUT2D eigenvalue weighted by atomic mass is 16.3. The maximum Gasteiger partial charge on any atom is 0.0846 e. The molecule has 0 aliphatic heterocycles. The summed E-state index contributed by atoms with van der Waals surface area (Å²) in [4.78, 5) is 0. The van der Waals surface area contributed by atoms with E-state index in [9.17, 15) is 5.11 Å². The summed E-state index contributed by atoms with van der Waals surface area (Å²) in [6.07, 6.45) is 3.63. The third-order valence-corrected chi connectivity index (χ3v) is 4.28. The molecule has 0 bridgehead atoms. The van der Waals surface area contributed by atoms with Crippen molar-refractivity contribution >= 4 is 12.2 Å². The van der Waals surface area contributed by atoms with Crippen LogP contribution in [-0.2, 0) is 11.1 Å². The molecular formula is C22H27NO. The lowest BCUT2D eigenvalue weighted by atomic mass is 9.83. The predicted molar refractivity (Wildman–Crippen MR) is 105 cm³/mol. The van der Waals surface area contributed by atoms with Gasteiger partial charge in [-0.3, -0.25) is 0 Å². The quantitative estimate of drug-likeness (QED) is 0.808. The fraction of sp³-hybridized carbons (Fsp3) is 0.273. The number of nitrogens with two attached hydrogens (primary N) is 1. The number of hydrogen-bond donors (Lipinski definition) is 2. The van der Waals surface area contributed by atoms with E-state index in [4.69, 9.17) is 5.73 Å². The highest BCUT2D eigenvalue weighted by Crippen LogP contribution is 2.37. The predicted octanol–water partition coefficient (Wildman–Crippen LogP) is 5.06. The summed E-state index contributed by atoms with van der Waals surface area (Å²) in [5.41, 5.74) is 10.7. The van der Waals surface area contributed by atoms with Crippen LogP contribution >= 0.6 is 0 Å². The van der Waals surface area contributed by atoms with Gasteiger partial charge in [0, 0.05) is 5.54 Å². The molecule has 0 aliphatic rings. The molecule has 2 aromatic rings. The molecule has 0 saturated heterocycles. The first-order chi connectivity index (χ1) is 11.1. The second-order valence-electron chi connectivity index (χ2n) is 7.26. The topological polar surface area (TPSA) is 46.2 Å². The van der Waals surface area contributed by atoms with Crippen molar-refractivity contribution in [2.75, 3.05) is 0 Å². The molecular weight excluding hydrogens is 294 g/mol. The fourth-order valence-corrected chi connectivity index (χ4v) is 2.92. The second-order valence-corrected chi connectivity index (χ2v) is 7.26. The summed E-state index contributed by atoms with van der Waals surface area (Å²) in [6.45, 7) is 15.4. The minimum absolute atomic E-state index is 0.387. The van der Waals surface area contributed by atoms with Gasteiger partial charge in [-0.2, -0.15) is 0 Å². The number of hydrogen-bond acceptors (Lipinski definition) is 2. The van der Waals surface area contributed by atoms with Crippen LogP contribution in [0.5, 0.6) is 0 Å². The lowest BCUT2D eigenvalue weighted by Gasteiger charge is -2.25. The SMILES string of the molecule is C=Cc1ccc(C(C)(C)O)c(-c2ccc(C(C)(C)N)cc2)c1C=C. The number of rotatable bonds is 5. The summed E-state index contributed by atoms with van der Waals surface area (Å²) >= 11 is 0. The van der Waals surface area contributed by atoms with Crippen LogP contribution in [0.25, 0.3) is 23.3 Å². The Kier molecular flexibility index (Phi) is 4.84. The third kappa shape index (κ3) is 3.50. The average molecular weight is 321 g/mol. The van der Waals surface area contributed by atoms with Crippen LogP contribution in [0, 0.1) is 0 Å². The Bertz CT molecular complexity index is 756. The van der Waals surface area contributed by atoms with E-state index in [1.54, 1.807) is 13.8 Å². The van der Waals surface area contributed by atoms with Crippen molar-refractivity contribution in [2.45, 2.75) is 38.8 Å². The Hall–Kier alpha value is -2.16. The lowest BCUT2D eigenvalue weighted by Crippen LogP contribution is -2.28. The van der Waals surface area contributed by atoms with Crippen molar-refractivity contribution in [1.82, 2.24) is 0 Å². The van der Waals surface area contributed by atoms with Crippen LogP contribution in [0.1, 0.15) is 49.9 Å². The normalized spacial score (nSPS) is 12.1. The van der Waals surface area contributed by atoms with Crippen molar-refractivity contribution < 1.29 is 5.11 Å². The van der Waals surface area contributed by atoms with E-state index in [-0.39, 0.29) is 5.54 Å². The van der Waals surface area contributed by atoms with Gasteiger partial charge in [0.05, 0.1) is 5.60 Å². The highest BCUT2D eigenvalue weighted by Gasteiger charge is 2.24. The van der Waals surface area contributed by atoms with E-state index < -0.39 is 5.60 Å². The molecule has 0 amide bonds. The van der Waals surface area contributed by atoms with Crippen molar-refractivity contribution in [3.8, 4) is 11.1 Å². The molecule has 2 rings (SSSR count). The Labute approximate surface area is 145 Å². The molecule has 0 unspecified atom stereocenters. The molecule has 0 radical (unpaired) electrons. The first-order valence-electron chi connectivity index (χ1n) is 8.14. The van der Waals surface area contributed by atoms with E-state index in [2.05, 4.69) is 13.2 Å². The van der Waals surface area contributed by atoms with Crippen molar-refractivity contribution in [2.24, 2.45) is 5.73 Å². The van der Waals surface area contributed by atoms with Crippen molar-refractivity contribution in [1.29, 1.82) is 0 Å². The highest BCUT2D eigenvalue weighted by molar-refractivity contribution is 5.83. The molecule has 0 atom stereocenters. The first kappa shape index (κ1) is 18.2. The lowest BCUT2D eigenvalue weighted by molar-refractivity contribution is 0.0792.